The molecular weight excluding hydrogens is 320 g/mol. The Morgan fingerprint density at radius 2 is 2.12 bits per heavy atom. The third kappa shape index (κ3) is 2.55. The van der Waals surface area contributed by atoms with Crippen molar-refractivity contribution in [3.63, 3.8) is 0 Å². The van der Waals surface area contributed by atoms with E-state index in [1.54, 1.807) is 6.07 Å². The van der Waals surface area contributed by atoms with Crippen LogP contribution in [0.15, 0.2) is 34.7 Å². The summed E-state index contributed by atoms with van der Waals surface area (Å²) in [5.74, 6) is 0.563. The summed E-state index contributed by atoms with van der Waals surface area (Å²) in [5, 5.41) is 3.04. The molecule has 2 aromatic rings. The van der Waals surface area contributed by atoms with Gasteiger partial charge < -0.3 is 9.73 Å². The van der Waals surface area contributed by atoms with E-state index in [-0.39, 0.29) is 5.82 Å². The number of halogens is 2. The van der Waals surface area contributed by atoms with Crippen LogP contribution in [0.25, 0.3) is 0 Å². The van der Waals surface area contributed by atoms with E-state index in [0.29, 0.717) is 12.2 Å². The highest BCUT2D eigenvalue weighted by molar-refractivity contribution is 14.1. The molecule has 0 unspecified atom stereocenters. The number of rotatable bonds is 3. The van der Waals surface area contributed by atoms with Crippen LogP contribution in [0.2, 0.25) is 0 Å². The fourth-order valence-electron chi connectivity index (χ4n) is 1.48. The molecule has 0 saturated carbocycles. The zero-order valence-corrected chi connectivity index (χ0v) is 10.9. The van der Waals surface area contributed by atoms with Crippen LogP contribution in [0.4, 0.5) is 10.1 Å². The normalized spacial score (nSPS) is 10.4. The Kier molecular flexibility index (Phi) is 3.48. The van der Waals surface area contributed by atoms with Crippen molar-refractivity contribution in [2.24, 2.45) is 0 Å². The first-order valence-corrected chi connectivity index (χ1v) is 5.98. The number of hydrogen-bond acceptors (Lipinski definition) is 2. The minimum absolute atomic E-state index is 0.235. The molecule has 0 aliphatic rings. The van der Waals surface area contributed by atoms with Gasteiger partial charge >= 0.3 is 0 Å². The summed E-state index contributed by atoms with van der Waals surface area (Å²) >= 11 is 2.10. The van der Waals surface area contributed by atoms with Crippen molar-refractivity contribution < 1.29 is 8.81 Å². The van der Waals surface area contributed by atoms with Crippen LogP contribution in [-0.2, 0) is 6.54 Å². The molecule has 1 heterocycles. The lowest BCUT2D eigenvalue weighted by atomic mass is 10.2. The van der Waals surface area contributed by atoms with Gasteiger partial charge in [0.25, 0.3) is 0 Å². The van der Waals surface area contributed by atoms with E-state index in [9.17, 15) is 4.39 Å². The van der Waals surface area contributed by atoms with E-state index in [4.69, 9.17) is 4.42 Å². The van der Waals surface area contributed by atoms with E-state index in [1.165, 1.54) is 6.07 Å². The predicted molar refractivity (Wildman–Crippen MR) is 69.9 cm³/mol. The van der Waals surface area contributed by atoms with Crippen molar-refractivity contribution in [1.29, 1.82) is 0 Å². The summed E-state index contributed by atoms with van der Waals surface area (Å²) in [7, 11) is 0. The molecule has 0 spiro atoms. The van der Waals surface area contributed by atoms with Crippen molar-refractivity contribution >= 4 is 28.3 Å². The van der Waals surface area contributed by atoms with Crippen LogP contribution >= 0.6 is 22.6 Å². The fraction of sp³-hybridized carbons (Fsp3) is 0.167. The number of para-hydroxylation sites is 1. The fourth-order valence-corrected chi connectivity index (χ4v) is 1.94. The molecule has 1 aromatic carbocycles. The highest BCUT2D eigenvalue weighted by Crippen LogP contribution is 2.20. The van der Waals surface area contributed by atoms with Crippen molar-refractivity contribution in [1.82, 2.24) is 0 Å². The second-order valence-corrected chi connectivity index (χ2v) is 4.55. The Hall–Kier alpha value is -1.04. The summed E-state index contributed by atoms with van der Waals surface area (Å²) in [6.07, 6.45) is 0. The summed E-state index contributed by atoms with van der Waals surface area (Å²) in [4.78, 5) is 0. The van der Waals surface area contributed by atoms with Gasteiger partial charge in [-0.15, -0.1) is 0 Å². The molecule has 0 bridgehead atoms. The number of aryl methyl sites for hydroxylation is 1. The number of hydrogen-bond donors (Lipinski definition) is 1. The molecule has 0 aliphatic heterocycles. The molecule has 0 saturated heterocycles. The molecule has 1 aromatic heterocycles. The molecule has 1 N–H and O–H groups in total. The first-order chi connectivity index (χ1) is 7.66. The Labute approximate surface area is 107 Å². The Morgan fingerprint density at radius 1 is 1.31 bits per heavy atom. The van der Waals surface area contributed by atoms with Gasteiger partial charge in [0.05, 0.1) is 12.2 Å². The van der Waals surface area contributed by atoms with Crippen molar-refractivity contribution in [3.05, 3.63) is 51.2 Å². The lowest BCUT2D eigenvalue weighted by Gasteiger charge is -2.08. The van der Waals surface area contributed by atoms with Crippen LogP contribution < -0.4 is 5.32 Å². The Morgan fingerprint density at radius 3 is 2.75 bits per heavy atom. The first-order valence-electron chi connectivity index (χ1n) is 4.90. The van der Waals surface area contributed by atoms with E-state index >= 15 is 0 Å². The Bertz CT molecular complexity index is 475. The van der Waals surface area contributed by atoms with Gasteiger partial charge in [-0.2, -0.15) is 0 Å². The standard InChI is InChI=1S/C12H11FINO/c1-8-3-2-4-10(13)12(8)15-7-9-5-6-11(14)16-9/h2-6,15H,7H2,1H3. The molecule has 0 atom stereocenters. The van der Waals surface area contributed by atoms with E-state index < -0.39 is 0 Å². The van der Waals surface area contributed by atoms with E-state index in [2.05, 4.69) is 27.9 Å². The summed E-state index contributed by atoms with van der Waals surface area (Å²) in [5.41, 5.74) is 1.43. The maximum atomic E-state index is 13.5. The molecule has 2 rings (SSSR count). The maximum absolute atomic E-state index is 13.5. The van der Waals surface area contributed by atoms with Gasteiger partial charge in [-0.25, -0.2) is 4.39 Å². The third-order valence-electron chi connectivity index (χ3n) is 2.29. The zero-order chi connectivity index (χ0) is 11.5. The molecular formula is C12H11FINO. The third-order valence-corrected chi connectivity index (χ3v) is 2.87. The monoisotopic (exact) mass is 331 g/mol. The topological polar surface area (TPSA) is 25.2 Å². The van der Waals surface area contributed by atoms with Gasteiger partial charge in [-0.3, -0.25) is 0 Å². The number of benzene rings is 1. The van der Waals surface area contributed by atoms with Gasteiger partial charge in [-0.1, -0.05) is 12.1 Å². The van der Waals surface area contributed by atoms with Crippen LogP contribution in [-0.4, -0.2) is 0 Å². The molecule has 4 heteroatoms. The SMILES string of the molecule is Cc1cccc(F)c1NCc1ccc(I)o1. The predicted octanol–water partition coefficient (Wildman–Crippen LogP) is 3.94. The zero-order valence-electron chi connectivity index (χ0n) is 8.76. The summed E-state index contributed by atoms with van der Waals surface area (Å²) < 4.78 is 19.7. The number of nitrogens with one attached hydrogen (secondary N) is 1. The van der Waals surface area contributed by atoms with Crippen molar-refractivity contribution in [2.45, 2.75) is 13.5 Å². The van der Waals surface area contributed by atoms with Gasteiger partial charge in [0.1, 0.15) is 11.6 Å². The van der Waals surface area contributed by atoms with E-state index in [0.717, 1.165) is 15.1 Å². The highest BCUT2D eigenvalue weighted by atomic mass is 127. The minimum Gasteiger partial charge on any atom is -0.454 e. The van der Waals surface area contributed by atoms with Gasteiger partial charge in [0, 0.05) is 0 Å². The molecule has 84 valence electrons. The van der Waals surface area contributed by atoms with Gasteiger partial charge in [0.2, 0.25) is 0 Å². The highest BCUT2D eigenvalue weighted by Gasteiger charge is 2.05. The van der Waals surface area contributed by atoms with E-state index in [1.807, 2.05) is 25.1 Å². The van der Waals surface area contributed by atoms with Crippen LogP contribution in [0.1, 0.15) is 11.3 Å². The lowest BCUT2D eigenvalue weighted by Crippen LogP contribution is -2.02. The second-order valence-electron chi connectivity index (χ2n) is 3.49. The van der Waals surface area contributed by atoms with Crippen molar-refractivity contribution in [2.75, 3.05) is 5.32 Å². The van der Waals surface area contributed by atoms with Gasteiger partial charge in [0.15, 0.2) is 3.77 Å². The molecule has 0 amide bonds. The van der Waals surface area contributed by atoms with Crippen LogP contribution in [0.3, 0.4) is 0 Å². The number of anilines is 1. The minimum atomic E-state index is -0.235. The molecule has 16 heavy (non-hydrogen) atoms. The molecule has 2 nitrogen and oxygen atoms in total. The first kappa shape index (κ1) is 11.4. The smallest absolute Gasteiger partial charge is 0.164 e. The quantitative estimate of drug-likeness (QED) is 0.862. The lowest BCUT2D eigenvalue weighted by molar-refractivity contribution is 0.492. The summed E-state index contributed by atoms with van der Waals surface area (Å²) in [6, 6.07) is 8.78. The molecule has 0 aliphatic carbocycles. The average Bonchev–Trinajstić information content (AvgIpc) is 2.63. The van der Waals surface area contributed by atoms with Crippen molar-refractivity contribution in [3.8, 4) is 0 Å². The average molecular weight is 331 g/mol. The largest absolute Gasteiger partial charge is 0.454 e. The number of furan rings is 1. The van der Waals surface area contributed by atoms with Crippen LogP contribution in [0, 0.1) is 16.5 Å². The van der Waals surface area contributed by atoms with Crippen LogP contribution in [0.5, 0.6) is 0 Å². The molecule has 0 fully saturated rings. The summed E-state index contributed by atoms with van der Waals surface area (Å²) in [6.45, 7) is 2.36. The van der Waals surface area contributed by atoms with Gasteiger partial charge in [-0.05, 0) is 53.3 Å². The Balaban J connectivity index is 2.10. The maximum Gasteiger partial charge on any atom is 0.164 e. The second kappa shape index (κ2) is 4.86. The molecule has 0 radical (unpaired) electrons.